The van der Waals surface area contributed by atoms with E-state index in [4.69, 9.17) is 4.74 Å². The quantitative estimate of drug-likeness (QED) is 0.822. The molecule has 120 valence electrons. The zero-order valence-corrected chi connectivity index (χ0v) is 13.7. The Morgan fingerprint density at radius 3 is 2.78 bits per heavy atom. The van der Waals surface area contributed by atoms with Crippen LogP contribution in [-0.4, -0.2) is 30.1 Å². The molecular formula is C20H24N2O. The first-order valence-electron chi connectivity index (χ1n) is 8.32. The number of hydrogen-bond donors (Lipinski definition) is 0. The molecule has 0 aliphatic carbocycles. The summed E-state index contributed by atoms with van der Waals surface area (Å²) in [6, 6.07) is 14.8. The number of nitrogens with zero attached hydrogens (tertiary/aromatic N) is 2. The minimum Gasteiger partial charge on any atom is -0.497 e. The second kappa shape index (κ2) is 7.93. The molecule has 3 nitrogen and oxygen atoms in total. The molecule has 1 aliphatic heterocycles. The molecule has 1 atom stereocenters. The number of ether oxygens (including phenoxy) is 1. The Kier molecular flexibility index (Phi) is 5.43. The number of hydrogen-bond acceptors (Lipinski definition) is 3. The first-order valence-corrected chi connectivity index (χ1v) is 8.32. The summed E-state index contributed by atoms with van der Waals surface area (Å²) < 4.78 is 5.19. The lowest BCUT2D eigenvalue weighted by molar-refractivity contribution is 0.163. The van der Waals surface area contributed by atoms with Crippen molar-refractivity contribution in [2.75, 3.05) is 20.2 Å². The Labute approximate surface area is 138 Å². The minimum absolute atomic E-state index is 0.450. The molecule has 0 amide bonds. The second-order valence-electron chi connectivity index (χ2n) is 5.94. The summed E-state index contributed by atoms with van der Waals surface area (Å²) in [5, 5.41) is 0. The molecule has 3 heteroatoms. The number of aromatic nitrogens is 1. The molecule has 0 spiro atoms. The van der Waals surface area contributed by atoms with E-state index in [0.717, 1.165) is 18.8 Å². The van der Waals surface area contributed by atoms with E-state index >= 15 is 0 Å². The van der Waals surface area contributed by atoms with Crippen LogP contribution in [0, 0.1) is 0 Å². The topological polar surface area (TPSA) is 25.4 Å². The van der Waals surface area contributed by atoms with Crippen molar-refractivity contribution >= 4 is 6.08 Å². The van der Waals surface area contributed by atoms with Crippen LogP contribution in [0.2, 0.25) is 0 Å². The molecule has 0 radical (unpaired) electrons. The van der Waals surface area contributed by atoms with Crippen LogP contribution >= 0.6 is 0 Å². The van der Waals surface area contributed by atoms with E-state index in [1.807, 2.05) is 24.4 Å². The lowest BCUT2D eigenvalue weighted by Crippen LogP contribution is -2.33. The van der Waals surface area contributed by atoms with Crippen molar-refractivity contribution in [3.05, 3.63) is 66.0 Å². The Morgan fingerprint density at radius 1 is 1.17 bits per heavy atom. The number of pyridine rings is 1. The van der Waals surface area contributed by atoms with Crippen molar-refractivity contribution in [1.29, 1.82) is 0 Å². The molecule has 1 aromatic heterocycles. The van der Waals surface area contributed by atoms with Crippen LogP contribution in [0.25, 0.3) is 6.08 Å². The van der Waals surface area contributed by atoms with E-state index < -0.39 is 0 Å². The minimum atomic E-state index is 0.450. The lowest BCUT2D eigenvalue weighted by atomic mass is 9.99. The SMILES string of the molecule is COc1ccc(C=CCN2CCCCC2c2ccccn2)cc1. The molecule has 23 heavy (non-hydrogen) atoms. The summed E-state index contributed by atoms with van der Waals surface area (Å²) in [5.74, 6) is 0.897. The highest BCUT2D eigenvalue weighted by molar-refractivity contribution is 5.50. The molecule has 1 aliphatic rings. The van der Waals surface area contributed by atoms with Gasteiger partial charge in [0.15, 0.2) is 0 Å². The number of methoxy groups -OCH3 is 1. The molecule has 1 unspecified atom stereocenters. The van der Waals surface area contributed by atoms with Gasteiger partial charge in [0, 0.05) is 12.7 Å². The van der Waals surface area contributed by atoms with Crippen molar-refractivity contribution in [2.45, 2.75) is 25.3 Å². The van der Waals surface area contributed by atoms with Crippen molar-refractivity contribution in [1.82, 2.24) is 9.88 Å². The monoisotopic (exact) mass is 308 g/mol. The van der Waals surface area contributed by atoms with E-state index in [-0.39, 0.29) is 0 Å². The summed E-state index contributed by atoms with van der Waals surface area (Å²) in [6.07, 6.45) is 10.1. The average Bonchev–Trinajstić information content (AvgIpc) is 2.63. The molecule has 2 aromatic rings. The van der Waals surface area contributed by atoms with Gasteiger partial charge in [0.25, 0.3) is 0 Å². The Balaban J connectivity index is 1.63. The van der Waals surface area contributed by atoms with Gasteiger partial charge in [0.2, 0.25) is 0 Å². The first-order chi connectivity index (χ1) is 11.4. The van der Waals surface area contributed by atoms with Crippen LogP contribution < -0.4 is 4.74 Å². The molecule has 0 N–H and O–H groups in total. The third kappa shape index (κ3) is 4.20. The fourth-order valence-corrected chi connectivity index (χ4v) is 3.16. The lowest BCUT2D eigenvalue weighted by Gasteiger charge is -2.34. The molecule has 0 bridgehead atoms. The number of benzene rings is 1. The Morgan fingerprint density at radius 2 is 2.04 bits per heavy atom. The molecule has 1 saturated heterocycles. The predicted molar refractivity (Wildman–Crippen MR) is 94.4 cm³/mol. The van der Waals surface area contributed by atoms with Crippen molar-refractivity contribution < 1.29 is 4.74 Å². The highest BCUT2D eigenvalue weighted by Crippen LogP contribution is 2.29. The van der Waals surface area contributed by atoms with Crippen molar-refractivity contribution in [3.63, 3.8) is 0 Å². The van der Waals surface area contributed by atoms with Gasteiger partial charge in [0.1, 0.15) is 5.75 Å². The predicted octanol–water partition coefficient (Wildman–Crippen LogP) is 4.33. The summed E-state index contributed by atoms with van der Waals surface area (Å²) in [5.41, 5.74) is 2.40. The summed E-state index contributed by atoms with van der Waals surface area (Å²) in [4.78, 5) is 7.09. The fraction of sp³-hybridized carbons (Fsp3) is 0.350. The molecule has 3 rings (SSSR count). The highest BCUT2D eigenvalue weighted by Gasteiger charge is 2.23. The van der Waals surface area contributed by atoms with Gasteiger partial charge in [-0.15, -0.1) is 0 Å². The zero-order valence-electron chi connectivity index (χ0n) is 13.7. The van der Waals surface area contributed by atoms with E-state index in [0.29, 0.717) is 6.04 Å². The van der Waals surface area contributed by atoms with Gasteiger partial charge >= 0.3 is 0 Å². The van der Waals surface area contributed by atoms with E-state index in [1.54, 1.807) is 7.11 Å². The van der Waals surface area contributed by atoms with Crippen LogP contribution in [0.5, 0.6) is 5.75 Å². The second-order valence-corrected chi connectivity index (χ2v) is 5.94. The maximum Gasteiger partial charge on any atom is 0.118 e. The van der Waals surface area contributed by atoms with Crippen LogP contribution in [0.1, 0.15) is 36.6 Å². The van der Waals surface area contributed by atoms with Crippen molar-refractivity contribution in [2.24, 2.45) is 0 Å². The number of piperidine rings is 1. The van der Waals surface area contributed by atoms with Gasteiger partial charge in [-0.1, -0.05) is 36.8 Å². The van der Waals surface area contributed by atoms with Gasteiger partial charge in [-0.05, 0) is 49.2 Å². The molecule has 1 aromatic carbocycles. The average molecular weight is 308 g/mol. The van der Waals surface area contributed by atoms with Gasteiger partial charge < -0.3 is 4.74 Å². The van der Waals surface area contributed by atoms with Gasteiger partial charge in [-0.2, -0.15) is 0 Å². The largest absolute Gasteiger partial charge is 0.497 e. The molecule has 1 fully saturated rings. The fourth-order valence-electron chi connectivity index (χ4n) is 3.16. The normalized spacial score (nSPS) is 19.1. The summed E-state index contributed by atoms with van der Waals surface area (Å²) in [6.45, 7) is 2.11. The standard InChI is InChI=1S/C20H24N2O/c1-23-18-12-10-17(11-13-18)7-6-16-22-15-5-3-9-20(22)19-8-2-4-14-21-19/h2,4,6-8,10-14,20H,3,5,9,15-16H2,1H3. The van der Waals surface area contributed by atoms with E-state index in [2.05, 4.69) is 46.3 Å². The first kappa shape index (κ1) is 15.8. The molecule has 0 saturated carbocycles. The van der Waals surface area contributed by atoms with E-state index in [9.17, 15) is 0 Å². The molecular weight excluding hydrogens is 284 g/mol. The van der Waals surface area contributed by atoms with Gasteiger partial charge in [-0.25, -0.2) is 0 Å². The summed E-state index contributed by atoms with van der Waals surface area (Å²) in [7, 11) is 1.69. The smallest absolute Gasteiger partial charge is 0.118 e. The third-order valence-corrected chi connectivity index (χ3v) is 4.41. The highest BCUT2D eigenvalue weighted by atomic mass is 16.5. The molecule has 2 heterocycles. The van der Waals surface area contributed by atoms with E-state index in [1.165, 1.54) is 30.5 Å². The van der Waals surface area contributed by atoms with Crippen molar-refractivity contribution in [3.8, 4) is 5.75 Å². The van der Waals surface area contributed by atoms with Crippen LogP contribution in [0.4, 0.5) is 0 Å². The zero-order chi connectivity index (χ0) is 15.9. The summed E-state index contributed by atoms with van der Waals surface area (Å²) >= 11 is 0. The number of likely N-dealkylation sites (tertiary alicyclic amines) is 1. The maximum atomic E-state index is 5.19. The van der Waals surface area contributed by atoms with Crippen LogP contribution in [-0.2, 0) is 0 Å². The van der Waals surface area contributed by atoms with Gasteiger partial charge in [-0.3, -0.25) is 9.88 Å². The Hall–Kier alpha value is -2.13. The number of rotatable bonds is 5. The van der Waals surface area contributed by atoms with Gasteiger partial charge in [0.05, 0.1) is 18.8 Å². The Bertz CT molecular complexity index is 622. The third-order valence-electron chi connectivity index (χ3n) is 4.41. The van der Waals surface area contributed by atoms with Crippen LogP contribution in [0.3, 0.4) is 0 Å². The maximum absolute atomic E-state index is 5.19. The van der Waals surface area contributed by atoms with Crippen LogP contribution in [0.15, 0.2) is 54.7 Å².